The fourth-order valence-electron chi connectivity index (χ4n) is 5.08. The largest absolute Gasteiger partial charge is 0.490 e. The van der Waals surface area contributed by atoms with Gasteiger partial charge in [-0.3, -0.25) is 14.9 Å². The molecular weight excluding hydrogens is 500 g/mol. The second-order valence-electron chi connectivity index (χ2n) is 9.31. The number of nitrogens with zero attached hydrogens (tertiary/aromatic N) is 4. The molecule has 10 nitrogen and oxygen atoms in total. The third kappa shape index (κ3) is 5.08. The molecule has 1 N–H and O–H groups in total. The van der Waals surface area contributed by atoms with E-state index < -0.39 is 22.9 Å². The number of benzene rings is 3. The lowest BCUT2D eigenvalue weighted by atomic mass is 9.88. The first-order chi connectivity index (χ1) is 18.9. The molecular formula is C29H26N4O6. The highest BCUT2D eigenvalue weighted by molar-refractivity contribution is 5.91. The van der Waals surface area contributed by atoms with Gasteiger partial charge in [0.2, 0.25) is 5.91 Å². The highest BCUT2D eigenvalue weighted by Gasteiger charge is 2.40. The average Bonchev–Trinajstić information content (AvgIpc) is 3.35. The van der Waals surface area contributed by atoms with Crippen LogP contribution in [0.4, 0.5) is 5.69 Å². The maximum atomic E-state index is 14.0. The first-order valence-electron chi connectivity index (χ1n) is 12.3. The first kappa shape index (κ1) is 25.7. The molecule has 0 aliphatic carbocycles. The van der Waals surface area contributed by atoms with E-state index in [-0.39, 0.29) is 36.9 Å². The maximum absolute atomic E-state index is 14.0. The Kier molecular flexibility index (Phi) is 7.09. The fraction of sp³-hybridized carbons (Fsp3) is 0.207. The normalized spacial score (nSPS) is 14.6. The highest BCUT2D eigenvalue weighted by Crippen LogP contribution is 2.33. The van der Waals surface area contributed by atoms with Gasteiger partial charge in [-0.2, -0.15) is 0 Å². The molecule has 0 unspecified atom stereocenters. The molecule has 5 rings (SSSR count). The van der Waals surface area contributed by atoms with Crippen molar-refractivity contribution in [2.24, 2.45) is 0 Å². The van der Waals surface area contributed by atoms with Gasteiger partial charge in [-0.25, -0.2) is 9.78 Å². The van der Waals surface area contributed by atoms with E-state index in [2.05, 4.69) is 4.98 Å². The van der Waals surface area contributed by atoms with Gasteiger partial charge in [-0.15, -0.1) is 0 Å². The molecule has 0 saturated heterocycles. The van der Waals surface area contributed by atoms with Gasteiger partial charge < -0.3 is 19.3 Å². The number of ether oxygens (including phenoxy) is 1. The van der Waals surface area contributed by atoms with E-state index in [1.807, 2.05) is 60.7 Å². The van der Waals surface area contributed by atoms with Crippen LogP contribution in [0, 0.1) is 10.1 Å². The van der Waals surface area contributed by atoms with Crippen LogP contribution in [0.2, 0.25) is 0 Å². The Balaban J connectivity index is 1.47. The molecule has 0 bridgehead atoms. The van der Waals surface area contributed by atoms with Crippen LogP contribution in [0.5, 0.6) is 5.75 Å². The van der Waals surface area contributed by atoms with Crippen molar-refractivity contribution in [2.75, 3.05) is 7.11 Å². The number of carboxylic acids is 1. The van der Waals surface area contributed by atoms with E-state index in [0.717, 1.165) is 11.1 Å². The van der Waals surface area contributed by atoms with E-state index in [9.17, 15) is 24.8 Å². The number of carbonyl (C=O) groups excluding carboxylic acids is 1. The van der Waals surface area contributed by atoms with Gasteiger partial charge in [0.1, 0.15) is 6.04 Å². The summed E-state index contributed by atoms with van der Waals surface area (Å²) in [4.78, 5) is 43.3. The molecule has 39 heavy (non-hydrogen) atoms. The smallest absolute Gasteiger partial charge is 0.326 e. The van der Waals surface area contributed by atoms with Crippen molar-refractivity contribution in [1.29, 1.82) is 0 Å². The molecule has 10 heteroatoms. The Morgan fingerprint density at radius 2 is 1.72 bits per heavy atom. The molecule has 0 radical (unpaired) electrons. The second kappa shape index (κ2) is 10.8. The summed E-state index contributed by atoms with van der Waals surface area (Å²) in [6, 6.07) is 22.2. The van der Waals surface area contributed by atoms with Gasteiger partial charge in [0.05, 0.1) is 36.5 Å². The van der Waals surface area contributed by atoms with Crippen molar-refractivity contribution in [3.8, 4) is 5.75 Å². The molecule has 2 heterocycles. The number of hydrogen-bond donors (Lipinski definition) is 1. The predicted molar refractivity (Wildman–Crippen MR) is 141 cm³/mol. The quantitative estimate of drug-likeness (QED) is 0.271. The van der Waals surface area contributed by atoms with E-state index >= 15 is 0 Å². The van der Waals surface area contributed by atoms with Crippen molar-refractivity contribution in [3.05, 3.63) is 123 Å². The minimum atomic E-state index is -1.11. The number of aromatic nitrogens is 2. The van der Waals surface area contributed by atoms with E-state index in [1.54, 1.807) is 17.0 Å². The van der Waals surface area contributed by atoms with Gasteiger partial charge in [0.15, 0.2) is 5.75 Å². The van der Waals surface area contributed by atoms with Crippen LogP contribution in [0.3, 0.4) is 0 Å². The summed E-state index contributed by atoms with van der Waals surface area (Å²) in [6.07, 6.45) is 1.64. The Hall–Kier alpha value is -4.99. The average molecular weight is 527 g/mol. The van der Waals surface area contributed by atoms with E-state index in [1.165, 1.54) is 24.1 Å². The van der Waals surface area contributed by atoms with E-state index in [4.69, 9.17) is 4.74 Å². The van der Waals surface area contributed by atoms with Crippen LogP contribution in [0.1, 0.15) is 34.0 Å². The number of carboxylic acid groups (broad SMARTS) is 1. The first-order valence-corrected chi connectivity index (χ1v) is 12.3. The molecule has 0 spiro atoms. The van der Waals surface area contributed by atoms with Gasteiger partial charge >= 0.3 is 11.7 Å². The lowest BCUT2D eigenvalue weighted by molar-refractivity contribution is -0.385. The SMILES string of the molecule is COc1ccc(Cn2cnc3c2C[C@@H](C(=O)O)N(C(=O)C(c2ccccc2)c2ccccc2)C3)cc1[N+](=O)[O-]. The van der Waals surface area contributed by atoms with Crippen LogP contribution < -0.4 is 4.74 Å². The highest BCUT2D eigenvalue weighted by atomic mass is 16.6. The number of fused-ring (bicyclic) bond motifs is 1. The third-order valence-corrected chi connectivity index (χ3v) is 6.99. The maximum Gasteiger partial charge on any atom is 0.326 e. The minimum absolute atomic E-state index is 0.0388. The van der Waals surface area contributed by atoms with E-state index in [0.29, 0.717) is 17.0 Å². The van der Waals surface area contributed by atoms with Crippen molar-refractivity contribution in [3.63, 3.8) is 0 Å². The molecule has 0 saturated carbocycles. The number of nitro groups is 1. The minimum Gasteiger partial charge on any atom is -0.490 e. The zero-order chi connectivity index (χ0) is 27.5. The number of imidazole rings is 1. The molecule has 4 aromatic rings. The zero-order valence-corrected chi connectivity index (χ0v) is 21.1. The summed E-state index contributed by atoms with van der Waals surface area (Å²) in [5.41, 5.74) is 3.31. The molecule has 1 aromatic heterocycles. The van der Waals surface area contributed by atoms with Crippen molar-refractivity contribution >= 4 is 17.6 Å². The number of amides is 1. The third-order valence-electron chi connectivity index (χ3n) is 6.99. The number of carbonyl (C=O) groups is 2. The summed E-state index contributed by atoms with van der Waals surface area (Å²) in [6.45, 7) is 0.293. The van der Waals surface area contributed by atoms with Crippen molar-refractivity contribution < 1.29 is 24.4 Å². The number of rotatable bonds is 8. The van der Waals surface area contributed by atoms with Gasteiger partial charge in [0.25, 0.3) is 0 Å². The molecule has 1 aliphatic rings. The van der Waals surface area contributed by atoms with Crippen molar-refractivity contribution in [2.45, 2.75) is 31.5 Å². The molecule has 0 fully saturated rings. The summed E-state index contributed by atoms with van der Waals surface area (Å²) in [5, 5.41) is 21.6. The van der Waals surface area contributed by atoms with Crippen LogP contribution in [-0.2, 0) is 29.1 Å². The van der Waals surface area contributed by atoms with Crippen LogP contribution in [-0.4, -0.2) is 49.5 Å². The topological polar surface area (TPSA) is 128 Å². The molecule has 1 aliphatic heterocycles. The number of hydrogen-bond acceptors (Lipinski definition) is 6. The fourth-order valence-corrected chi connectivity index (χ4v) is 5.08. The lowest BCUT2D eigenvalue weighted by Crippen LogP contribution is -2.50. The summed E-state index contributed by atoms with van der Waals surface area (Å²) >= 11 is 0. The van der Waals surface area contributed by atoms with Gasteiger partial charge in [-0.1, -0.05) is 66.7 Å². The summed E-state index contributed by atoms with van der Waals surface area (Å²) in [7, 11) is 1.37. The molecule has 1 amide bonds. The number of aliphatic carboxylic acids is 1. The monoisotopic (exact) mass is 526 g/mol. The van der Waals surface area contributed by atoms with Crippen LogP contribution in [0.15, 0.2) is 85.2 Å². The Morgan fingerprint density at radius 1 is 1.08 bits per heavy atom. The zero-order valence-electron chi connectivity index (χ0n) is 21.1. The van der Waals surface area contributed by atoms with Crippen LogP contribution >= 0.6 is 0 Å². The Labute approximate surface area is 224 Å². The van der Waals surface area contributed by atoms with Gasteiger partial charge in [0, 0.05) is 24.7 Å². The Bertz CT molecular complexity index is 1480. The standard InChI is InChI=1S/C29H26N4O6/c1-39-26-13-12-19(14-24(26)33(37)38)16-31-18-30-22-17-32(25(29(35)36)15-23(22)31)28(34)27(20-8-4-2-5-9-20)21-10-6-3-7-11-21/h2-14,18,25,27H,15-17H2,1H3,(H,35,36)/t25-/m0/s1. The molecule has 3 aromatic carbocycles. The molecule has 1 atom stereocenters. The summed E-state index contributed by atoms with van der Waals surface area (Å²) in [5.74, 6) is -1.94. The summed E-state index contributed by atoms with van der Waals surface area (Å²) < 4.78 is 6.86. The Morgan fingerprint density at radius 3 is 2.28 bits per heavy atom. The second-order valence-corrected chi connectivity index (χ2v) is 9.31. The number of methoxy groups -OCH3 is 1. The predicted octanol–water partition coefficient (Wildman–Crippen LogP) is 4.02. The lowest BCUT2D eigenvalue weighted by Gasteiger charge is -2.35. The number of nitro benzene ring substituents is 1. The van der Waals surface area contributed by atoms with Gasteiger partial charge in [-0.05, 0) is 22.8 Å². The molecule has 198 valence electrons. The van der Waals surface area contributed by atoms with Crippen LogP contribution in [0.25, 0.3) is 0 Å². The van der Waals surface area contributed by atoms with Crippen molar-refractivity contribution in [1.82, 2.24) is 14.5 Å².